The van der Waals surface area contributed by atoms with Crippen LogP contribution in [0.1, 0.15) is 11.1 Å². The molecule has 10 aromatic rings. The minimum atomic E-state index is 0.898. The lowest BCUT2D eigenvalue weighted by Gasteiger charge is -2.27. The Morgan fingerprint density at radius 3 is 1.62 bits per heavy atom. The second-order valence-electron chi connectivity index (χ2n) is 14.9. The zero-order valence-electron chi connectivity index (χ0n) is 30.9. The molecule has 0 aromatic heterocycles. The smallest absolute Gasteiger partial charge is 0.0540 e. The number of nitrogens with zero attached hydrogens (tertiary/aromatic N) is 1. The molecule has 1 aliphatic carbocycles. The molecule has 0 aliphatic heterocycles. The van der Waals surface area contributed by atoms with Crippen molar-refractivity contribution in [3.8, 4) is 44.5 Å². The normalized spacial score (nSPS) is 11.9. The third kappa shape index (κ3) is 5.40. The predicted octanol–water partition coefficient (Wildman–Crippen LogP) is 15.2. The third-order valence-electron chi connectivity index (χ3n) is 11.7. The molecule has 0 fully saturated rings. The first-order valence-electron chi connectivity index (χ1n) is 19.5. The van der Waals surface area contributed by atoms with Crippen LogP contribution in [0.4, 0.5) is 17.1 Å². The Bertz CT molecular complexity index is 3070. The van der Waals surface area contributed by atoms with Crippen molar-refractivity contribution in [1.82, 2.24) is 0 Å². The number of hydrogen-bond donors (Lipinski definition) is 0. The van der Waals surface area contributed by atoms with Gasteiger partial charge >= 0.3 is 0 Å². The van der Waals surface area contributed by atoms with Gasteiger partial charge in [-0.2, -0.15) is 0 Å². The van der Waals surface area contributed by atoms with Crippen molar-refractivity contribution >= 4 is 49.4 Å². The van der Waals surface area contributed by atoms with Crippen LogP contribution in [0.2, 0.25) is 0 Å². The molecule has 0 radical (unpaired) electrons. The van der Waals surface area contributed by atoms with Crippen molar-refractivity contribution in [3.63, 3.8) is 0 Å². The second-order valence-corrected chi connectivity index (χ2v) is 14.9. The molecule has 0 heterocycles. The van der Waals surface area contributed by atoms with E-state index in [9.17, 15) is 0 Å². The van der Waals surface area contributed by atoms with E-state index < -0.39 is 0 Å². The zero-order valence-corrected chi connectivity index (χ0v) is 30.9. The molecule has 0 unspecified atom stereocenters. The molecule has 1 nitrogen and oxygen atoms in total. The molecule has 0 saturated heterocycles. The van der Waals surface area contributed by atoms with Gasteiger partial charge in [-0.3, -0.25) is 0 Å². The molecule has 0 N–H and O–H groups in total. The average molecular weight is 712 g/mol. The van der Waals surface area contributed by atoms with Crippen molar-refractivity contribution in [3.05, 3.63) is 223 Å². The van der Waals surface area contributed by atoms with Crippen LogP contribution < -0.4 is 4.90 Å². The highest BCUT2D eigenvalue weighted by Crippen LogP contribution is 2.47. The average Bonchev–Trinajstić information content (AvgIpc) is 3.65. The van der Waals surface area contributed by atoms with E-state index in [2.05, 4.69) is 217 Å². The largest absolute Gasteiger partial charge is 0.310 e. The van der Waals surface area contributed by atoms with Gasteiger partial charge in [-0.25, -0.2) is 0 Å². The Balaban J connectivity index is 1.01. The first-order valence-corrected chi connectivity index (χ1v) is 19.5. The lowest BCUT2D eigenvalue weighted by molar-refractivity contribution is 1.25. The number of benzene rings is 10. The number of rotatable bonds is 6. The number of hydrogen-bond acceptors (Lipinski definition) is 1. The minimum Gasteiger partial charge on any atom is -0.310 e. The Morgan fingerprint density at radius 2 is 0.857 bits per heavy atom. The van der Waals surface area contributed by atoms with E-state index in [0.29, 0.717) is 0 Å². The highest BCUT2D eigenvalue weighted by Gasteiger charge is 2.25. The molecular weight excluding hydrogens is 675 g/mol. The van der Waals surface area contributed by atoms with E-state index in [0.717, 1.165) is 17.8 Å². The quantitative estimate of drug-likeness (QED) is 0.166. The Kier molecular flexibility index (Phi) is 7.64. The van der Waals surface area contributed by atoms with Crippen LogP contribution in [-0.2, 0) is 6.42 Å². The van der Waals surface area contributed by atoms with Crippen molar-refractivity contribution in [2.24, 2.45) is 0 Å². The second kappa shape index (κ2) is 13.3. The fourth-order valence-corrected chi connectivity index (χ4v) is 8.99. The molecule has 10 aromatic carbocycles. The topological polar surface area (TPSA) is 3.24 Å². The summed E-state index contributed by atoms with van der Waals surface area (Å²) >= 11 is 0. The lowest BCUT2D eigenvalue weighted by Crippen LogP contribution is -2.10. The van der Waals surface area contributed by atoms with Crippen molar-refractivity contribution in [1.29, 1.82) is 0 Å². The van der Waals surface area contributed by atoms with Gasteiger partial charge in [-0.1, -0.05) is 176 Å². The van der Waals surface area contributed by atoms with Gasteiger partial charge in [0.25, 0.3) is 0 Å². The first-order chi connectivity index (χ1) is 27.8. The van der Waals surface area contributed by atoms with Gasteiger partial charge < -0.3 is 4.90 Å². The fourth-order valence-electron chi connectivity index (χ4n) is 8.99. The van der Waals surface area contributed by atoms with Crippen LogP contribution in [0.5, 0.6) is 0 Å². The molecule has 0 amide bonds. The molecular formula is C55H37N. The molecule has 11 rings (SSSR count). The van der Waals surface area contributed by atoms with E-state index in [-0.39, 0.29) is 0 Å². The van der Waals surface area contributed by atoms with Crippen LogP contribution in [0.25, 0.3) is 76.8 Å². The highest BCUT2D eigenvalue weighted by molar-refractivity contribution is 6.06. The Morgan fingerprint density at radius 1 is 0.304 bits per heavy atom. The maximum atomic E-state index is 2.45. The number of anilines is 3. The molecule has 0 saturated carbocycles. The van der Waals surface area contributed by atoms with Crippen LogP contribution in [0.15, 0.2) is 212 Å². The van der Waals surface area contributed by atoms with Crippen LogP contribution >= 0.6 is 0 Å². The van der Waals surface area contributed by atoms with E-state index >= 15 is 0 Å². The summed E-state index contributed by atoms with van der Waals surface area (Å²) in [4.78, 5) is 2.43. The SMILES string of the molecule is c1ccc(-c2ccc(N(c3ccc4c(c3)Cc3c-4cc(-c4ccc(-c5cccc6ccccc56)cc4)c4ccccc34)c3cccc4ccccc34)cc2)cc1. The lowest BCUT2D eigenvalue weighted by atomic mass is 9.90. The first kappa shape index (κ1) is 32.2. The Hall–Kier alpha value is -7.22. The maximum absolute atomic E-state index is 2.45. The van der Waals surface area contributed by atoms with Gasteiger partial charge in [0.2, 0.25) is 0 Å². The molecule has 0 atom stereocenters. The molecule has 0 spiro atoms. The number of fused-ring (bicyclic) bond motifs is 7. The summed E-state index contributed by atoms with van der Waals surface area (Å²) in [5, 5.41) is 7.64. The van der Waals surface area contributed by atoms with E-state index in [4.69, 9.17) is 0 Å². The van der Waals surface area contributed by atoms with Gasteiger partial charge in [0.1, 0.15) is 0 Å². The molecule has 1 aliphatic rings. The molecule has 262 valence electrons. The van der Waals surface area contributed by atoms with E-state index in [1.165, 1.54) is 93.6 Å². The third-order valence-corrected chi connectivity index (χ3v) is 11.7. The molecule has 1 heteroatoms. The van der Waals surface area contributed by atoms with Crippen molar-refractivity contribution in [2.75, 3.05) is 4.90 Å². The summed E-state index contributed by atoms with van der Waals surface area (Å²) in [5.74, 6) is 0. The summed E-state index contributed by atoms with van der Waals surface area (Å²) < 4.78 is 0. The van der Waals surface area contributed by atoms with Crippen LogP contribution in [0, 0.1) is 0 Å². The summed E-state index contributed by atoms with van der Waals surface area (Å²) in [7, 11) is 0. The Labute approximate surface area is 327 Å². The van der Waals surface area contributed by atoms with Crippen molar-refractivity contribution in [2.45, 2.75) is 6.42 Å². The van der Waals surface area contributed by atoms with Gasteiger partial charge in [0.15, 0.2) is 0 Å². The monoisotopic (exact) mass is 711 g/mol. The molecule has 56 heavy (non-hydrogen) atoms. The van der Waals surface area contributed by atoms with Gasteiger partial charge in [0, 0.05) is 16.8 Å². The van der Waals surface area contributed by atoms with Gasteiger partial charge in [0.05, 0.1) is 5.69 Å². The van der Waals surface area contributed by atoms with Crippen LogP contribution in [0.3, 0.4) is 0 Å². The van der Waals surface area contributed by atoms with E-state index in [1.54, 1.807) is 0 Å². The van der Waals surface area contributed by atoms with Gasteiger partial charge in [-0.05, 0) is 125 Å². The summed E-state index contributed by atoms with van der Waals surface area (Å²) in [6.45, 7) is 0. The van der Waals surface area contributed by atoms with Crippen molar-refractivity contribution < 1.29 is 0 Å². The summed E-state index contributed by atoms with van der Waals surface area (Å²) in [6, 6.07) is 77.9. The highest BCUT2D eigenvalue weighted by atomic mass is 15.1. The fraction of sp³-hybridized carbons (Fsp3) is 0.0182. The van der Waals surface area contributed by atoms with Gasteiger partial charge in [-0.15, -0.1) is 0 Å². The maximum Gasteiger partial charge on any atom is 0.0540 e. The van der Waals surface area contributed by atoms with Crippen LogP contribution in [-0.4, -0.2) is 0 Å². The summed E-state index contributed by atoms with van der Waals surface area (Å²) in [6.07, 6.45) is 0.898. The minimum absolute atomic E-state index is 0.898. The standard InChI is InChI=1S/C55H37N/c1-2-12-37(13-3-1)38-28-30-44(31-29-38)56(55-23-11-17-40-15-5-7-19-49(40)55)45-32-33-48-43(34-45)35-53-51-21-9-8-20-50(51)52(36-54(48)53)42-26-24-41(25-27-42)47-22-10-16-39-14-4-6-18-46(39)47/h1-34,36H,35H2. The van der Waals surface area contributed by atoms with E-state index in [1.807, 2.05) is 0 Å². The zero-order chi connectivity index (χ0) is 37.0. The molecule has 0 bridgehead atoms. The predicted molar refractivity (Wildman–Crippen MR) is 238 cm³/mol. The summed E-state index contributed by atoms with van der Waals surface area (Å²) in [5.41, 5.74) is 16.3.